The van der Waals surface area contributed by atoms with E-state index < -0.39 is 10.0 Å². The highest BCUT2D eigenvalue weighted by Gasteiger charge is 2.27. The van der Waals surface area contributed by atoms with Crippen LogP contribution in [0.1, 0.15) is 18.1 Å². The molecule has 0 heterocycles. The monoisotopic (exact) mass is 532 g/mol. The molecule has 186 valence electrons. The number of aryl methyl sites for hydroxylation is 1. The van der Waals surface area contributed by atoms with Gasteiger partial charge in [-0.25, -0.2) is 8.42 Å². The lowest BCUT2D eigenvalue weighted by Crippen LogP contribution is -2.41. The fourth-order valence-electron chi connectivity index (χ4n) is 3.33. The van der Waals surface area contributed by atoms with Gasteiger partial charge in [0.1, 0.15) is 12.3 Å². The summed E-state index contributed by atoms with van der Waals surface area (Å²) in [6.45, 7) is 4.54. The average Bonchev–Trinajstić information content (AvgIpc) is 2.84. The van der Waals surface area contributed by atoms with Crippen LogP contribution < -0.4 is 14.4 Å². The molecular formula is C26H29ClN2O4S2. The molecule has 0 saturated carbocycles. The van der Waals surface area contributed by atoms with Gasteiger partial charge in [0.05, 0.1) is 17.2 Å². The molecule has 0 atom stereocenters. The summed E-state index contributed by atoms with van der Waals surface area (Å²) in [5.74, 6) is 1.81. The number of thioether (sulfide) groups is 1. The van der Waals surface area contributed by atoms with Crippen LogP contribution in [0.3, 0.4) is 0 Å². The first-order valence-electron chi connectivity index (χ1n) is 11.2. The van der Waals surface area contributed by atoms with Crippen LogP contribution in [0.5, 0.6) is 5.75 Å². The molecule has 0 aliphatic heterocycles. The summed E-state index contributed by atoms with van der Waals surface area (Å²) in [4.78, 5) is 12.8. The molecule has 3 aromatic carbocycles. The fourth-order valence-corrected chi connectivity index (χ4v) is 5.81. The predicted molar refractivity (Wildman–Crippen MR) is 144 cm³/mol. The molecule has 6 nitrogen and oxygen atoms in total. The third kappa shape index (κ3) is 7.65. The molecule has 0 bridgehead atoms. The van der Waals surface area contributed by atoms with Crippen molar-refractivity contribution in [3.05, 3.63) is 88.9 Å². The van der Waals surface area contributed by atoms with Gasteiger partial charge < -0.3 is 10.1 Å². The lowest BCUT2D eigenvalue weighted by molar-refractivity contribution is -0.119. The fraction of sp³-hybridized carbons (Fsp3) is 0.269. The van der Waals surface area contributed by atoms with E-state index in [2.05, 4.69) is 24.4 Å². The van der Waals surface area contributed by atoms with Gasteiger partial charge in [-0.05, 0) is 73.5 Å². The molecule has 0 saturated heterocycles. The van der Waals surface area contributed by atoms with Gasteiger partial charge in [-0.1, -0.05) is 35.9 Å². The molecule has 0 aromatic heterocycles. The number of halogens is 1. The third-order valence-corrected chi connectivity index (χ3v) is 8.26. The van der Waals surface area contributed by atoms with E-state index in [1.165, 1.54) is 35.4 Å². The van der Waals surface area contributed by atoms with Crippen molar-refractivity contribution < 1.29 is 17.9 Å². The summed E-state index contributed by atoms with van der Waals surface area (Å²) < 4.78 is 33.4. The second-order valence-corrected chi connectivity index (χ2v) is 11.1. The number of nitrogens with one attached hydrogen (secondary N) is 1. The lowest BCUT2D eigenvalue weighted by Gasteiger charge is -2.24. The minimum atomic E-state index is -4.00. The van der Waals surface area contributed by atoms with Crippen LogP contribution in [0, 0.1) is 6.92 Å². The first-order chi connectivity index (χ1) is 16.8. The minimum Gasteiger partial charge on any atom is -0.494 e. The molecule has 1 amide bonds. The minimum absolute atomic E-state index is 0.0531. The molecule has 0 fully saturated rings. The van der Waals surface area contributed by atoms with Crippen molar-refractivity contribution in [3.63, 3.8) is 0 Å². The van der Waals surface area contributed by atoms with Crippen LogP contribution >= 0.6 is 23.4 Å². The quantitative estimate of drug-likeness (QED) is 0.321. The Kier molecular flexibility index (Phi) is 9.89. The molecule has 0 aliphatic rings. The van der Waals surface area contributed by atoms with Gasteiger partial charge in [-0.2, -0.15) is 11.8 Å². The Morgan fingerprint density at radius 1 is 1.03 bits per heavy atom. The van der Waals surface area contributed by atoms with Gasteiger partial charge in [0.15, 0.2) is 0 Å². The van der Waals surface area contributed by atoms with Crippen molar-refractivity contribution in [1.29, 1.82) is 0 Å². The molecule has 0 unspecified atom stereocenters. The van der Waals surface area contributed by atoms with E-state index in [0.717, 1.165) is 10.1 Å². The average molecular weight is 533 g/mol. The van der Waals surface area contributed by atoms with E-state index in [4.69, 9.17) is 16.3 Å². The molecule has 35 heavy (non-hydrogen) atoms. The smallest absolute Gasteiger partial charge is 0.264 e. The number of amides is 1. The zero-order valence-corrected chi connectivity index (χ0v) is 22.1. The normalized spacial score (nSPS) is 11.2. The SMILES string of the molecule is CCOc1ccc(N(CC(=O)NCCSCc2ccccc2C)S(=O)(=O)c2ccc(Cl)cc2)cc1. The highest BCUT2D eigenvalue weighted by Crippen LogP contribution is 2.26. The molecule has 3 rings (SSSR count). The van der Waals surface area contributed by atoms with Gasteiger partial charge in [-0.15, -0.1) is 0 Å². The van der Waals surface area contributed by atoms with E-state index in [9.17, 15) is 13.2 Å². The number of rotatable bonds is 12. The Morgan fingerprint density at radius 2 is 1.71 bits per heavy atom. The van der Waals surface area contributed by atoms with Gasteiger partial charge in [0.25, 0.3) is 10.0 Å². The predicted octanol–water partition coefficient (Wildman–Crippen LogP) is 5.29. The van der Waals surface area contributed by atoms with E-state index in [0.29, 0.717) is 35.4 Å². The molecule has 0 spiro atoms. The van der Waals surface area contributed by atoms with Crippen molar-refractivity contribution in [2.24, 2.45) is 0 Å². The Labute approximate surface area is 216 Å². The number of carbonyl (C=O) groups excluding carboxylic acids is 1. The number of sulfonamides is 1. The van der Waals surface area contributed by atoms with Crippen LogP contribution in [-0.2, 0) is 20.6 Å². The second kappa shape index (κ2) is 12.9. The summed E-state index contributed by atoms with van der Waals surface area (Å²) in [6, 6.07) is 20.7. The van der Waals surface area contributed by atoms with Crippen LogP contribution in [0.15, 0.2) is 77.7 Å². The van der Waals surface area contributed by atoms with Crippen molar-refractivity contribution in [2.45, 2.75) is 24.5 Å². The molecule has 1 N–H and O–H groups in total. The number of hydrogen-bond donors (Lipinski definition) is 1. The number of anilines is 1. The molecule has 0 radical (unpaired) electrons. The number of benzene rings is 3. The summed E-state index contributed by atoms with van der Waals surface area (Å²) in [6.07, 6.45) is 0. The Bertz CT molecular complexity index is 1220. The molecular weight excluding hydrogens is 504 g/mol. The van der Waals surface area contributed by atoms with Gasteiger partial charge in [-0.3, -0.25) is 9.10 Å². The number of hydrogen-bond acceptors (Lipinski definition) is 5. The number of ether oxygens (including phenoxy) is 1. The van der Waals surface area contributed by atoms with Crippen molar-refractivity contribution >= 4 is 45.0 Å². The standard InChI is InChI=1S/C26H29ClN2O4S2/c1-3-33-24-12-10-23(11-13-24)29(35(31,32)25-14-8-22(27)9-15-25)18-26(30)28-16-17-34-19-21-7-5-4-6-20(21)2/h4-15H,3,16-19H2,1-2H3,(H,28,30). The van der Waals surface area contributed by atoms with Crippen molar-refractivity contribution in [1.82, 2.24) is 5.32 Å². The maximum atomic E-state index is 13.4. The lowest BCUT2D eigenvalue weighted by atomic mass is 10.1. The summed E-state index contributed by atoms with van der Waals surface area (Å²) in [5, 5.41) is 3.26. The van der Waals surface area contributed by atoms with Crippen LogP contribution in [0.25, 0.3) is 0 Å². The van der Waals surface area contributed by atoms with Gasteiger partial charge >= 0.3 is 0 Å². The van der Waals surface area contributed by atoms with Crippen molar-refractivity contribution in [2.75, 3.05) is 29.8 Å². The number of carbonyl (C=O) groups is 1. The highest BCUT2D eigenvalue weighted by molar-refractivity contribution is 7.98. The summed E-state index contributed by atoms with van der Waals surface area (Å²) >= 11 is 7.65. The summed E-state index contributed by atoms with van der Waals surface area (Å²) in [7, 11) is -4.00. The first-order valence-corrected chi connectivity index (χ1v) is 14.2. The second-order valence-electron chi connectivity index (χ2n) is 7.72. The number of nitrogens with zero attached hydrogens (tertiary/aromatic N) is 1. The van der Waals surface area contributed by atoms with Crippen molar-refractivity contribution in [3.8, 4) is 5.75 Å². The van der Waals surface area contributed by atoms with E-state index in [-0.39, 0.29) is 17.3 Å². The van der Waals surface area contributed by atoms with Crippen LogP contribution in [0.2, 0.25) is 5.02 Å². The van der Waals surface area contributed by atoms with Gasteiger partial charge in [0.2, 0.25) is 5.91 Å². The van der Waals surface area contributed by atoms with E-state index in [1.807, 2.05) is 19.1 Å². The van der Waals surface area contributed by atoms with Gasteiger partial charge in [0, 0.05) is 23.1 Å². The topological polar surface area (TPSA) is 75.7 Å². The third-order valence-electron chi connectivity index (χ3n) is 5.21. The first kappa shape index (κ1) is 26.9. The van der Waals surface area contributed by atoms with Crippen LogP contribution in [0.4, 0.5) is 5.69 Å². The zero-order chi connectivity index (χ0) is 25.3. The summed E-state index contributed by atoms with van der Waals surface area (Å²) in [5.41, 5.74) is 2.87. The maximum absolute atomic E-state index is 13.4. The van der Waals surface area contributed by atoms with Crippen LogP contribution in [-0.4, -0.2) is 39.8 Å². The molecule has 0 aliphatic carbocycles. The Balaban J connectivity index is 1.67. The van der Waals surface area contributed by atoms with E-state index >= 15 is 0 Å². The Morgan fingerprint density at radius 3 is 2.37 bits per heavy atom. The molecule has 9 heteroatoms. The maximum Gasteiger partial charge on any atom is 0.264 e. The largest absolute Gasteiger partial charge is 0.494 e. The Hall–Kier alpha value is -2.68. The highest BCUT2D eigenvalue weighted by atomic mass is 35.5. The zero-order valence-electron chi connectivity index (χ0n) is 19.7. The van der Waals surface area contributed by atoms with E-state index in [1.54, 1.807) is 36.0 Å². The molecule has 3 aromatic rings.